The highest BCUT2D eigenvalue weighted by Crippen LogP contribution is 2.32. The molecule has 0 amide bonds. The van der Waals surface area contributed by atoms with Crippen molar-refractivity contribution in [2.45, 2.75) is 24.8 Å². The maximum absolute atomic E-state index is 11.8. The molecule has 2 aromatic rings. The lowest BCUT2D eigenvalue weighted by molar-refractivity contribution is 0.297. The van der Waals surface area contributed by atoms with Crippen LogP contribution in [-0.2, 0) is 16.6 Å². The minimum atomic E-state index is -3.44. The van der Waals surface area contributed by atoms with Crippen molar-refractivity contribution in [3.05, 3.63) is 48.0 Å². The molecule has 0 fully saturated rings. The van der Waals surface area contributed by atoms with E-state index in [1.165, 1.54) is 7.05 Å². The molecule has 1 aliphatic rings. The topological polar surface area (TPSA) is 101 Å². The van der Waals surface area contributed by atoms with Gasteiger partial charge in [0.05, 0.1) is 24.7 Å². The Morgan fingerprint density at radius 1 is 1.07 bits per heavy atom. The van der Waals surface area contributed by atoms with E-state index in [1.807, 2.05) is 25.1 Å². The van der Waals surface area contributed by atoms with E-state index >= 15 is 0 Å². The highest BCUT2D eigenvalue weighted by atomic mass is 32.2. The van der Waals surface area contributed by atoms with Crippen LogP contribution in [0.3, 0.4) is 0 Å². The summed E-state index contributed by atoms with van der Waals surface area (Å²) >= 11 is 0. The van der Waals surface area contributed by atoms with Crippen molar-refractivity contribution in [3.63, 3.8) is 0 Å². The Balaban J connectivity index is 1.71. The summed E-state index contributed by atoms with van der Waals surface area (Å²) in [5.41, 5.74) is 1.74. The molecule has 0 aliphatic carbocycles. The Morgan fingerprint density at radius 3 is 2.48 bits per heavy atom. The summed E-state index contributed by atoms with van der Waals surface area (Å²) in [5.74, 6) is 2.07. The average Bonchev–Trinajstić information content (AvgIpc) is 2.97. The molecule has 0 spiro atoms. The number of sulfonamides is 1. The average molecular weight is 419 g/mol. The van der Waals surface area contributed by atoms with E-state index in [2.05, 4.69) is 20.3 Å². The van der Waals surface area contributed by atoms with Gasteiger partial charge >= 0.3 is 0 Å². The standard InChI is InChI=1S/C20H26N4O4S/c1-3-22-20(23-14-15-5-8-17(9-6-15)29(25,26)21-2)24-16-7-10-18-19(13-16)28-12-4-11-27-18/h5-10,13,21H,3-4,11-12,14H2,1-2H3,(H2,22,23,24). The molecule has 3 rings (SSSR count). The van der Waals surface area contributed by atoms with Crippen LogP contribution in [0.1, 0.15) is 18.9 Å². The van der Waals surface area contributed by atoms with Gasteiger partial charge in [0, 0.05) is 24.7 Å². The summed E-state index contributed by atoms with van der Waals surface area (Å²) in [4.78, 5) is 4.81. The van der Waals surface area contributed by atoms with Crippen LogP contribution in [0.15, 0.2) is 52.4 Å². The van der Waals surface area contributed by atoms with Gasteiger partial charge in [-0.1, -0.05) is 12.1 Å². The third-order valence-electron chi connectivity index (χ3n) is 4.28. The highest BCUT2D eigenvalue weighted by Gasteiger charge is 2.12. The quantitative estimate of drug-likeness (QED) is 0.492. The zero-order valence-electron chi connectivity index (χ0n) is 16.6. The van der Waals surface area contributed by atoms with Gasteiger partial charge in [-0.05, 0) is 43.8 Å². The second kappa shape index (κ2) is 9.62. The van der Waals surface area contributed by atoms with Crippen molar-refractivity contribution < 1.29 is 17.9 Å². The minimum Gasteiger partial charge on any atom is -0.490 e. The first-order valence-corrected chi connectivity index (χ1v) is 11.0. The number of benzene rings is 2. The van der Waals surface area contributed by atoms with Gasteiger partial charge in [-0.25, -0.2) is 18.1 Å². The fourth-order valence-electron chi connectivity index (χ4n) is 2.75. The third kappa shape index (κ3) is 5.61. The number of nitrogens with one attached hydrogen (secondary N) is 3. The first-order valence-electron chi connectivity index (χ1n) is 9.49. The second-order valence-electron chi connectivity index (χ2n) is 6.38. The molecule has 0 unspecified atom stereocenters. The van der Waals surface area contributed by atoms with Gasteiger partial charge in [-0.2, -0.15) is 0 Å². The number of rotatable bonds is 6. The molecule has 1 heterocycles. The molecular formula is C20H26N4O4S. The van der Waals surface area contributed by atoms with Crippen LogP contribution in [0.25, 0.3) is 0 Å². The van der Waals surface area contributed by atoms with Crippen molar-refractivity contribution in [2.24, 2.45) is 4.99 Å². The van der Waals surface area contributed by atoms with E-state index in [0.717, 1.165) is 23.4 Å². The summed E-state index contributed by atoms with van der Waals surface area (Å²) in [5, 5.41) is 6.46. The Hall–Kier alpha value is -2.78. The lowest BCUT2D eigenvalue weighted by Gasteiger charge is -2.14. The summed E-state index contributed by atoms with van der Waals surface area (Å²) in [6, 6.07) is 12.3. The number of guanidine groups is 1. The van der Waals surface area contributed by atoms with Gasteiger partial charge in [0.15, 0.2) is 17.5 Å². The molecule has 29 heavy (non-hydrogen) atoms. The van der Waals surface area contributed by atoms with E-state index < -0.39 is 10.0 Å². The van der Waals surface area contributed by atoms with Crippen molar-refractivity contribution in [1.82, 2.24) is 10.0 Å². The fourth-order valence-corrected chi connectivity index (χ4v) is 3.48. The predicted octanol–water partition coefficient (Wildman–Crippen LogP) is 2.33. The number of hydrogen-bond acceptors (Lipinski definition) is 5. The number of aliphatic imine (C=N–C) groups is 1. The Kier molecular flexibility index (Phi) is 6.95. The number of ether oxygens (including phenoxy) is 2. The van der Waals surface area contributed by atoms with E-state index in [0.29, 0.717) is 38.0 Å². The van der Waals surface area contributed by atoms with Gasteiger partial charge in [-0.3, -0.25) is 0 Å². The first kappa shape index (κ1) is 20.9. The number of hydrogen-bond donors (Lipinski definition) is 3. The molecule has 0 saturated carbocycles. The van der Waals surface area contributed by atoms with E-state index in [1.54, 1.807) is 24.3 Å². The lowest BCUT2D eigenvalue weighted by Crippen LogP contribution is -2.30. The molecule has 0 atom stereocenters. The molecular weight excluding hydrogens is 392 g/mol. The van der Waals surface area contributed by atoms with Crippen LogP contribution in [0.4, 0.5) is 5.69 Å². The normalized spacial score (nSPS) is 14.2. The molecule has 0 radical (unpaired) electrons. The van der Waals surface area contributed by atoms with Gasteiger partial charge < -0.3 is 20.1 Å². The molecule has 3 N–H and O–H groups in total. The maximum Gasteiger partial charge on any atom is 0.240 e. The predicted molar refractivity (Wildman–Crippen MR) is 113 cm³/mol. The maximum atomic E-state index is 11.8. The Morgan fingerprint density at radius 2 is 1.79 bits per heavy atom. The van der Waals surface area contributed by atoms with Gasteiger partial charge in [0.2, 0.25) is 10.0 Å². The van der Waals surface area contributed by atoms with E-state index in [4.69, 9.17) is 9.47 Å². The fraction of sp³-hybridized carbons (Fsp3) is 0.350. The monoisotopic (exact) mass is 418 g/mol. The Bertz CT molecular complexity index is 959. The van der Waals surface area contributed by atoms with Gasteiger partial charge in [0.25, 0.3) is 0 Å². The molecule has 2 aromatic carbocycles. The summed E-state index contributed by atoms with van der Waals surface area (Å²) < 4.78 is 37.3. The second-order valence-corrected chi connectivity index (χ2v) is 8.27. The molecule has 0 bridgehead atoms. The van der Waals surface area contributed by atoms with Crippen molar-refractivity contribution in [1.29, 1.82) is 0 Å². The third-order valence-corrected chi connectivity index (χ3v) is 5.71. The number of anilines is 1. The van der Waals surface area contributed by atoms with Crippen LogP contribution >= 0.6 is 0 Å². The lowest BCUT2D eigenvalue weighted by atomic mass is 10.2. The van der Waals surface area contributed by atoms with Gasteiger partial charge in [0.1, 0.15) is 0 Å². The summed E-state index contributed by atoms with van der Waals surface area (Å²) in [7, 11) is -2.05. The van der Waals surface area contributed by atoms with E-state index in [-0.39, 0.29) is 4.90 Å². The molecule has 9 heteroatoms. The van der Waals surface area contributed by atoms with Crippen molar-refractivity contribution in [2.75, 3.05) is 32.1 Å². The molecule has 1 aliphatic heterocycles. The zero-order chi connectivity index (χ0) is 20.7. The number of fused-ring (bicyclic) bond motifs is 1. The molecule has 156 valence electrons. The number of nitrogens with zero attached hydrogens (tertiary/aromatic N) is 1. The molecule has 0 saturated heterocycles. The molecule has 8 nitrogen and oxygen atoms in total. The largest absolute Gasteiger partial charge is 0.490 e. The smallest absolute Gasteiger partial charge is 0.240 e. The summed E-state index contributed by atoms with van der Waals surface area (Å²) in [6.07, 6.45) is 0.857. The Labute approximate surface area is 171 Å². The SMILES string of the molecule is CCNC(=NCc1ccc(S(=O)(=O)NC)cc1)Nc1ccc2c(c1)OCCCO2. The highest BCUT2D eigenvalue weighted by molar-refractivity contribution is 7.89. The summed E-state index contributed by atoms with van der Waals surface area (Å²) in [6.45, 7) is 4.38. The van der Waals surface area contributed by atoms with Gasteiger partial charge in [-0.15, -0.1) is 0 Å². The minimum absolute atomic E-state index is 0.227. The van der Waals surface area contributed by atoms with Crippen LogP contribution in [0.2, 0.25) is 0 Å². The van der Waals surface area contributed by atoms with Crippen LogP contribution in [0, 0.1) is 0 Å². The van der Waals surface area contributed by atoms with Crippen LogP contribution < -0.4 is 24.8 Å². The van der Waals surface area contributed by atoms with Crippen LogP contribution in [-0.4, -0.2) is 41.2 Å². The molecule has 0 aromatic heterocycles. The zero-order valence-corrected chi connectivity index (χ0v) is 17.4. The van der Waals surface area contributed by atoms with Crippen molar-refractivity contribution >= 4 is 21.7 Å². The first-order chi connectivity index (χ1) is 14.0. The van der Waals surface area contributed by atoms with E-state index in [9.17, 15) is 8.42 Å². The van der Waals surface area contributed by atoms with Crippen molar-refractivity contribution in [3.8, 4) is 11.5 Å². The van der Waals surface area contributed by atoms with Crippen LogP contribution in [0.5, 0.6) is 11.5 Å².